The van der Waals surface area contributed by atoms with E-state index in [-0.39, 0.29) is 24.2 Å². The van der Waals surface area contributed by atoms with E-state index in [1.807, 2.05) is 42.2 Å². The lowest BCUT2D eigenvalue weighted by Gasteiger charge is -2.40. The topological polar surface area (TPSA) is 76.9 Å². The molecule has 2 aliphatic rings. The summed E-state index contributed by atoms with van der Waals surface area (Å²) in [4.78, 5) is 29.1. The van der Waals surface area contributed by atoms with Gasteiger partial charge in [0.1, 0.15) is 0 Å². The highest BCUT2D eigenvalue weighted by Crippen LogP contribution is 2.41. The van der Waals surface area contributed by atoms with Gasteiger partial charge >= 0.3 is 6.09 Å². The van der Waals surface area contributed by atoms with Gasteiger partial charge in [0.2, 0.25) is 5.91 Å². The first-order valence-electron chi connectivity index (χ1n) is 11.2. The Labute approximate surface area is 202 Å². The number of hydrogen-bond donors (Lipinski definition) is 0. The molecule has 1 saturated carbocycles. The monoisotopic (exact) mass is 480 g/mol. The maximum absolute atomic E-state index is 13.4. The Balaban J connectivity index is 1.53. The molecule has 0 spiro atoms. The third kappa shape index (κ3) is 4.09. The van der Waals surface area contributed by atoms with E-state index in [1.165, 1.54) is 20.1 Å². The molecule has 1 fully saturated rings. The average Bonchev–Trinajstić information content (AvgIpc) is 3.54. The Morgan fingerprint density at radius 2 is 1.85 bits per heavy atom. The fourth-order valence-corrected chi connectivity index (χ4v) is 4.52. The van der Waals surface area contributed by atoms with Crippen molar-refractivity contribution >= 4 is 35.0 Å². The minimum Gasteiger partial charge on any atom is -0.493 e. The fourth-order valence-electron chi connectivity index (χ4n) is 4.36. The van der Waals surface area contributed by atoms with Gasteiger partial charge in [0.05, 0.1) is 36.8 Å². The zero-order valence-electron chi connectivity index (χ0n) is 19.2. The van der Waals surface area contributed by atoms with Crippen molar-refractivity contribution in [2.45, 2.75) is 38.8 Å². The molecule has 0 bridgehead atoms. The van der Waals surface area contributed by atoms with Gasteiger partial charge in [-0.05, 0) is 49.6 Å². The van der Waals surface area contributed by atoms with Crippen LogP contribution in [0.5, 0.6) is 11.5 Å². The number of fused-ring (bicyclic) bond motifs is 1. The number of carbonyl (C=O) groups is 2. The SMILES string of the molecule is COc1ccc(Cl)cc1OC(=O)N1C[C@H](C)N(C(C)=O)c2ccc(-c3cnn(C4CC4)c3)cc21. The summed E-state index contributed by atoms with van der Waals surface area (Å²) in [5.41, 5.74) is 3.10. The standard InChI is InChI=1S/C25H25ClN4O4/c1-15-13-28(25(32)34-24-11-19(26)5-9-23(24)33-3)22-10-17(4-8-21(22)30(15)16(2)31)18-12-27-29(14-18)20-6-7-20/h4-5,8-12,14-15,20H,6-7,13H2,1-3H3/t15-/m0/s1. The van der Waals surface area contributed by atoms with E-state index >= 15 is 0 Å². The second-order valence-corrected chi connectivity index (χ2v) is 9.09. The zero-order chi connectivity index (χ0) is 24.0. The van der Waals surface area contributed by atoms with Crippen molar-refractivity contribution < 1.29 is 19.1 Å². The van der Waals surface area contributed by atoms with Gasteiger partial charge in [0, 0.05) is 36.3 Å². The molecule has 3 aromatic rings. The Morgan fingerprint density at radius 1 is 1.06 bits per heavy atom. The number of hydrogen-bond acceptors (Lipinski definition) is 5. The van der Waals surface area contributed by atoms with Gasteiger partial charge in [-0.15, -0.1) is 0 Å². The average molecular weight is 481 g/mol. The van der Waals surface area contributed by atoms with Gasteiger partial charge in [-0.3, -0.25) is 14.4 Å². The molecular weight excluding hydrogens is 456 g/mol. The van der Waals surface area contributed by atoms with E-state index in [0.717, 1.165) is 24.0 Å². The number of nitrogens with zero attached hydrogens (tertiary/aromatic N) is 4. The summed E-state index contributed by atoms with van der Waals surface area (Å²) in [5.74, 6) is 0.535. The molecule has 2 aromatic carbocycles. The molecule has 0 unspecified atom stereocenters. The van der Waals surface area contributed by atoms with Crippen molar-refractivity contribution in [3.8, 4) is 22.6 Å². The summed E-state index contributed by atoms with van der Waals surface area (Å²) in [6.07, 6.45) is 5.55. The van der Waals surface area contributed by atoms with Gasteiger partial charge in [-0.2, -0.15) is 5.10 Å². The van der Waals surface area contributed by atoms with Crippen LogP contribution in [0.3, 0.4) is 0 Å². The molecular formula is C25H25ClN4O4. The molecule has 2 amide bonds. The van der Waals surface area contributed by atoms with Crippen molar-refractivity contribution in [3.05, 3.63) is 53.8 Å². The van der Waals surface area contributed by atoms with E-state index in [0.29, 0.717) is 28.2 Å². The molecule has 0 radical (unpaired) electrons. The van der Waals surface area contributed by atoms with Crippen LogP contribution in [0.2, 0.25) is 5.02 Å². The van der Waals surface area contributed by atoms with Crippen molar-refractivity contribution in [1.29, 1.82) is 0 Å². The number of anilines is 2. The molecule has 0 N–H and O–H groups in total. The van der Waals surface area contributed by atoms with Crippen molar-refractivity contribution in [1.82, 2.24) is 9.78 Å². The van der Waals surface area contributed by atoms with E-state index < -0.39 is 6.09 Å². The summed E-state index contributed by atoms with van der Waals surface area (Å²) >= 11 is 6.11. The lowest BCUT2D eigenvalue weighted by molar-refractivity contribution is -0.117. The normalized spacial score (nSPS) is 17.4. The van der Waals surface area contributed by atoms with E-state index in [2.05, 4.69) is 5.10 Å². The molecule has 1 atom stereocenters. The summed E-state index contributed by atoms with van der Waals surface area (Å²) < 4.78 is 13.0. The van der Waals surface area contributed by atoms with Gasteiger partial charge < -0.3 is 14.4 Å². The fraction of sp³-hybridized carbons (Fsp3) is 0.320. The van der Waals surface area contributed by atoms with Crippen LogP contribution in [0.25, 0.3) is 11.1 Å². The molecule has 176 valence electrons. The minimum absolute atomic E-state index is 0.0902. The van der Waals surface area contributed by atoms with Crippen LogP contribution in [-0.4, -0.2) is 41.5 Å². The van der Waals surface area contributed by atoms with Crippen molar-refractivity contribution in [2.24, 2.45) is 0 Å². The van der Waals surface area contributed by atoms with Gasteiger partial charge in [-0.1, -0.05) is 17.7 Å². The smallest absolute Gasteiger partial charge is 0.420 e. The Hall–Kier alpha value is -3.52. The van der Waals surface area contributed by atoms with E-state index in [9.17, 15) is 9.59 Å². The lowest BCUT2D eigenvalue weighted by Crippen LogP contribution is -2.52. The van der Waals surface area contributed by atoms with Crippen LogP contribution in [0.4, 0.5) is 16.2 Å². The maximum Gasteiger partial charge on any atom is 0.420 e. The second kappa shape index (κ2) is 8.68. The first kappa shape index (κ1) is 22.3. The number of halogens is 1. The number of ether oxygens (including phenoxy) is 2. The molecule has 1 aromatic heterocycles. The maximum atomic E-state index is 13.4. The van der Waals surface area contributed by atoms with E-state index in [4.69, 9.17) is 21.1 Å². The van der Waals surface area contributed by atoms with Crippen LogP contribution in [0.1, 0.15) is 32.7 Å². The minimum atomic E-state index is -0.581. The van der Waals surface area contributed by atoms with Gasteiger partial charge in [0.15, 0.2) is 11.5 Å². The first-order valence-corrected chi connectivity index (χ1v) is 11.5. The summed E-state index contributed by atoms with van der Waals surface area (Å²) in [6, 6.07) is 10.8. The van der Waals surface area contributed by atoms with Crippen LogP contribution in [0.15, 0.2) is 48.8 Å². The van der Waals surface area contributed by atoms with Crippen LogP contribution in [0, 0.1) is 0 Å². The second-order valence-electron chi connectivity index (χ2n) is 8.66. The number of methoxy groups -OCH3 is 1. The van der Waals surface area contributed by atoms with Gasteiger partial charge in [0.25, 0.3) is 0 Å². The number of benzene rings is 2. The predicted molar refractivity (Wildman–Crippen MR) is 130 cm³/mol. The third-order valence-electron chi connectivity index (χ3n) is 6.15. The Morgan fingerprint density at radius 3 is 2.56 bits per heavy atom. The van der Waals surface area contributed by atoms with Crippen LogP contribution in [-0.2, 0) is 4.79 Å². The highest BCUT2D eigenvalue weighted by atomic mass is 35.5. The van der Waals surface area contributed by atoms with Crippen molar-refractivity contribution in [3.63, 3.8) is 0 Å². The first-order chi connectivity index (χ1) is 16.4. The number of aromatic nitrogens is 2. The number of rotatable bonds is 4. The summed E-state index contributed by atoms with van der Waals surface area (Å²) in [5, 5.41) is 4.90. The molecule has 9 heteroatoms. The summed E-state index contributed by atoms with van der Waals surface area (Å²) in [7, 11) is 1.50. The molecule has 1 aliphatic heterocycles. The predicted octanol–water partition coefficient (Wildman–Crippen LogP) is 5.31. The molecule has 0 saturated heterocycles. The molecule has 5 rings (SSSR count). The van der Waals surface area contributed by atoms with E-state index in [1.54, 1.807) is 21.9 Å². The van der Waals surface area contributed by atoms with Crippen molar-refractivity contribution in [2.75, 3.05) is 23.5 Å². The molecule has 2 heterocycles. The molecule has 34 heavy (non-hydrogen) atoms. The highest BCUT2D eigenvalue weighted by molar-refractivity contribution is 6.30. The lowest BCUT2D eigenvalue weighted by atomic mass is 10.0. The number of carbonyl (C=O) groups excluding carboxylic acids is 2. The zero-order valence-corrected chi connectivity index (χ0v) is 20.0. The third-order valence-corrected chi connectivity index (χ3v) is 6.39. The van der Waals surface area contributed by atoms with Crippen LogP contribution < -0.4 is 19.3 Å². The molecule has 8 nitrogen and oxygen atoms in total. The Kier molecular flexibility index (Phi) is 5.69. The Bertz CT molecular complexity index is 1270. The van der Waals surface area contributed by atoms with Crippen LogP contribution >= 0.6 is 11.6 Å². The highest BCUT2D eigenvalue weighted by Gasteiger charge is 2.35. The largest absolute Gasteiger partial charge is 0.493 e. The van der Waals surface area contributed by atoms with Gasteiger partial charge in [-0.25, -0.2) is 4.79 Å². The quantitative estimate of drug-likeness (QED) is 0.506. The molecule has 1 aliphatic carbocycles. The number of amides is 2. The summed E-state index contributed by atoms with van der Waals surface area (Å²) in [6.45, 7) is 3.70.